The van der Waals surface area contributed by atoms with Crippen LogP contribution in [0.25, 0.3) is 0 Å². The molecule has 1 aromatic heterocycles. The van der Waals surface area contributed by atoms with Crippen LogP contribution in [0.4, 0.5) is 13.2 Å². The van der Waals surface area contributed by atoms with Crippen LogP contribution in [0.15, 0.2) is 23.1 Å². The van der Waals surface area contributed by atoms with Crippen LogP contribution >= 0.6 is 11.8 Å². The SMILES string of the molecule is O=C(NCc1c(F)cc(F)cc1F)c1cn2c(c(O)c1=O)C(=O)N1C(C2)SC2CCCC[C@H]21. The van der Waals surface area contributed by atoms with Crippen LogP contribution in [0.1, 0.15) is 52.1 Å². The highest BCUT2D eigenvalue weighted by Gasteiger charge is 2.49. The number of nitrogens with zero attached hydrogens (tertiary/aromatic N) is 2. The first-order chi connectivity index (χ1) is 15.8. The van der Waals surface area contributed by atoms with Crippen LogP contribution in [-0.2, 0) is 13.1 Å². The number of carbonyl (C=O) groups excluding carboxylic acids is 2. The maximum atomic E-state index is 13.8. The number of carbonyl (C=O) groups is 2. The van der Waals surface area contributed by atoms with Gasteiger partial charge >= 0.3 is 0 Å². The highest BCUT2D eigenvalue weighted by atomic mass is 32.2. The minimum Gasteiger partial charge on any atom is -0.503 e. The van der Waals surface area contributed by atoms with E-state index < -0.39 is 58.1 Å². The monoisotopic (exact) mass is 479 g/mol. The fraction of sp³-hybridized carbons (Fsp3) is 0.409. The number of nitrogens with one attached hydrogen (secondary N) is 1. The van der Waals surface area contributed by atoms with Crippen molar-refractivity contribution in [3.8, 4) is 5.75 Å². The molecule has 5 rings (SSSR count). The van der Waals surface area contributed by atoms with Gasteiger partial charge < -0.3 is 19.9 Å². The number of rotatable bonds is 3. The van der Waals surface area contributed by atoms with Gasteiger partial charge in [-0.3, -0.25) is 14.4 Å². The number of pyridine rings is 1. The Morgan fingerprint density at radius 2 is 1.85 bits per heavy atom. The van der Waals surface area contributed by atoms with E-state index in [2.05, 4.69) is 5.32 Å². The minimum atomic E-state index is -1.18. The Bertz CT molecular complexity index is 1210. The van der Waals surface area contributed by atoms with Crippen molar-refractivity contribution in [1.82, 2.24) is 14.8 Å². The molecule has 2 aliphatic heterocycles. The van der Waals surface area contributed by atoms with Gasteiger partial charge in [-0.25, -0.2) is 13.2 Å². The van der Waals surface area contributed by atoms with E-state index in [-0.39, 0.29) is 17.1 Å². The molecule has 3 heterocycles. The molecular weight excluding hydrogens is 459 g/mol. The van der Waals surface area contributed by atoms with E-state index in [1.807, 2.05) is 0 Å². The van der Waals surface area contributed by atoms with Gasteiger partial charge in [-0.2, -0.15) is 0 Å². The van der Waals surface area contributed by atoms with E-state index in [9.17, 15) is 32.7 Å². The van der Waals surface area contributed by atoms with Crippen LogP contribution in [0.2, 0.25) is 0 Å². The fourth-order valence-electron chi connectivity index (χ4n) is 4.92. The molecule has 1 saturated carbocycles. The molecule has 7 nitrogen and oxygen atoms in total. The molecule has 1 saturated heterocycles. The first-order valence-electron chi connectivity index (χ1n) is 10.6. The number of thioether (sulfide) groups is 1. The summed E-state index contributed by atoms with van der Waals surface area (Å²) in [5.41, 5.74) is -2.23. The zero-order valence-corrected chi connectivity index (χ0v) is 18.1. The summed E-state index contributed by atoms with van der Waals surface area (Å²) >= 11 is 1.69. The summed E-state index contributed by atoms with van der Waals surface area (Å²) in [7, 11) is 0. The summed E-state index contributed by atoms with van der Waals surface area (Å²) in [6.45, 7) is -0.332. The largest absolute Gasteiger partial charge is 0.503 e. The van der Waals surface area contributed by atoms with Gasteiger partial charge in [-0.05, 0) is 12.8 Å². The Labute approximate surface area is 190 Å². The van der Waals surface area contributed by atoms with Gasteiger partial charge in [0.2, 0.25) is 5.43 Å². The standard InChI is InChI=1S/C22H20F3N3O4S/c23-10-5-13(24)11(14(25)6-10)7-26-21(31)12-8-27-9-17-28(15-3-1-2-4-16(15)33-17)22(32)18(27)20(30)19(12)29/h5-6,8,15-17,30H,1-4,7,9H2,(H,26,31)/t15-,16?,17?/m1/s1. The van der Waals surface area contributed by atoms with Crippen molar-refractivity contribution in [3.05, 3.63) is 62.8 Å². The molecule has 3 aliphatic rings. The average molecular weight is 479 g/mol. The van der Waals surface area contributed by atoms with E-state index in [1.165, 1.54) is 10.8 Å². The topological polar surface area (TPSA) is 91.6 Å². The second-order valence-electron chi connectivity index (χ2n) is 8.45. The van der Waals surface area contributed by atoms with Gasteiger partial charge in [-0.1, -0.05) is 12.8 Å². The zero-order valence-electron chi connectivity index (χ0n) is 17.3. The maximum absolute atomic E-state index is 13.8. The third-order valence-corrected chi connectivity index (χ3v) is 8.08. The van der Waals surface area contributed by atoms with Crippen LogP contribution in [0.3, 0.4) is 0 Å². The molecule has 3 atom stereocenters. The molecule has 0 spiro atoms. The Morgan fingerprint density at radius 3 is 2.58 bits per heavy atom. The second-order valence-corrected chi connectivity index (χ2v) is 9.87. The summed E-state index contributed by atoms with van der Waals surface area (Å²) in [6.07, 6.45) is 5.19. The van der Waals surface area contributed by atoms with E-state index in [1.54, 1.807) is 16.7 Å². The molecule has 1 aliphatic carbocycles. The first-order valence-corrected chi connectivity index (χ1v) is 11.6. The number of hydrogen-bond acceptors (Lipinski definition) is 5. The molecule has 1 aromatic carbocycles. The molecule has 0 radical (unpaired) electrons. The van der Waals surface area contributed by atoms with Crippen molar-refractivity contribution in [2.75, 3.05) is 0 Å². The first kappa shape index (κ1) is 21.9. The molecule has 174 valence electrons. The second kappa shape index (κ2) is 8.12. The van der Waals surface area contributed by atoms with Crippen molar-refractivity contribution in [2.24, 2.45) is 0 Å². The molecule has 2 amide bonds. The highest BCUT2D eigenvalue weighted by molar-refractivity contribution is 8.00. The normalized spacial score (nSPS) is 23.7. The Hall–Kier alpha value is -2.95. The van der Waals surface area contributed by atoms with E-state index >= 15 is 0 Å². The Balaban J connectivity index is 1.43. The quantitative estimate of drug-likeness (QED) is 0.707. The fourth-order valence-corrected chi connectivity index (χ4v) is 6.71. The van der Waals surface area contributed by atoms with Crippen LogP contribution < -0.4 is 10.7 Å². The van der Waals surface area contributed by atoms with Crippen molar-refractivity contribution in [3.63, 3.8) is 0 Å². The molecule has 2 N–H and O–H groups in total. The molecule has 2 unspecified atom stereocenters. The van der Waals surface area contributed by atoms with Gasteiger partial charge in [0.25, 0.3) is 11.8 Å². The van der Waals surface area contributed by atoms with Crippen molar-refractivity contribution in [1.29, 1.82) is 0 Å². The molecule has 0 bridgehead atoms. The lowest BCUT2D eigenvalue weighted by molar-refractivity contribution is 0.0573. The average Bonchev–Trinajstić information content (AvgIpc) is 3.13. The van der Waals surface area contributed by atoms with Crippen molar-refractivity contribution >= 4 is 23.6 Å². The lowest BCUT2D eigenvalue weighted by Gasteiger charge is -2.37. The number of amides is 2. The third kappa shape index (κ3) is 3.58. The van der Waals surface area contributed by atoms with E-state index in [0.717, 1.165) is 25.7 Å². The number of halogens is 3. The number of hydrogen-bond donors (Lipinski definition) is 2. The lowest BCUT2D eigenvalue weighted by atomic mass is 9.93. The number of benzene rings is 1. The molecular formula is C22H20F3N3O4S. The Kier molecular flexibility index (Phi) is 5.38. The number of fused-ring (bicyclic) bond motifs is 4. The minimum absolute atomic E-state index is 0.0629. The number of aromatic hydroxyl groups is 1. The summed E-state index contributed by atoms with van der Waals surface area (Å²) in [4.78, 5) is 40.3. The summed E-state index contributed by atoms with van der Waals surface area (Å²) in [5.74, 6) is -5.69. The van der Waals surface area contributed by atoms with E-state index in [0.29, 0.717) is 23.9 Å². The van der Waals surface area contributed by atoms with Gasteiger partial charge in [0.15, 0.2) is 11.4 Å². The zero-order chi connectivity index (χ0) is 23.4. The lowest BCUT2D eigenvalue weighted by Crippen LogP contribution is -2.50. The van der Waals surface area contributed by atoms with E-state index in [4.69, 9.17) is 0 Å². The molecule has 2 fully saturated rings. The van der Waals surface area contributed by atoms with Crippen LogP contribution in [0.5, 0.6) is 5.75 Å². The van der Waals surface area contributed by atoms with Gasteiger partial charge in [0.1, 0.15) is 23.0 Å². The highest BCUT2D eigenvalue weighted by Crippen LogP contribution is 2.46. The molecule has 2 aromatic rings. The molecule has 11 heteroatoms. The predicted octanol–water partition coefficient (Wildman–Crippen LogP) is 2.74. The van der Waals surface area contributed by atoms with Crippen molar-refractivity contribution < 1.29 is 27.9 Å². The summed E-state index contributed by atoms with van der Waals surface area (Å²) in [5, 5.41) is 12.9. The predicted molar refractivity (Wildman–Crippen MR) is 113 cm³/mol. The third-order valence-electron chi connectivity index (χ3n) is 6.49. The van der Waals surface area contributed by atoms with Crippen molar-refractivity contribution in [2.45, 2.75) is 55.4 Å². The summed E-state index contributed by atoms with van der Waals surface area (Å²) in [6, 6.07) is 1.03. The van der Waals surface area contributed by atoms with Gasteiger partial charge in [-0.15, -0.1) is 11.8 Å². The number of aromatic nitrogens is 1. The van der Waals surface area contributed by atoms with Gasteiger partial charge in [0, 0.05) is 41.7 Å². The smallest absolute Gasteiger partial charge is 0.275 e. The molecule has 33 heavy (non-hydrogen) atoms. The van der Waals surface area contributed by atoms with Crippen LogP contribution in [-0.4, -0.2) is 43.1 Å². The van der Waals surface area contributed by atoms with Gasteiger partial charge in [0.05, 0.1) is 11.9 Å². The Morgan fingerprint density at radius 1 is 1.15 bits per heavy atom. The maximum Gasteiger partial charge on any atom is 0.275 e. The van der Waals surface area contributed by atoms with Crippen LogP contribution in [0, 0.1) is 17.5 Å². The summed E-state index contributed by atoms with van der Waals surface area (Å²) < 4.78 is 42.2.